The van der Waals surface area contributed by atoms with Crippen LogP contribution in [-0.2, 0) is 17.8 Å². The number of hydrogen-bond acceptors (Lipinski definition) is 3. The van der Waals surface area contributed by atoms with Gasteiger partial charge in [0.25, 0.3) is 5.56 Å². The van der Waals surface area contributed by atoms with Crippen LogP contribution in [0.15, 0.2) is 53.6 Å². The Labute approximate surface area is 155 Å². The molecule has 0 aliphatic rings. The van der Waals surface area contributed by atoms with E-state index in [-0.39, 0.29) is 18.0 Å². The lowest BCUT2D eigenvalue weighted by Gasteiger charge is -2.08. The number of anilines is 1. The van der Waals surface area contributed by atoms with Crippen molar-refractivity contribution in [2.75, 3.05) is 5.32 Å². The van der Waals surface area contributed by atoms with Crippen molar-refractivity contribution in [3.8, 4) is 0 Å². The molecule has 4 aromatic rings. The van der Waals surface area contributed by atoms with Crippen LogP contribution in [0.3, 0.4) is 0 Å². The quantitative estimate of drug-likeness (QED) is 0.585. The normalized spacial score (nSPS) is 11.2. The van der Waals surface area contributed by atoms with E-state index in [1.807, 2.05) is 49.4 Å². The van der Waals surface area contributed by atoms with Gasteiger partial charge in [0.2, 0.25) is 5.91 Å². The summed E-state index contributed by atoms with van der Waals surface area (Å²) in [4.78, 5) is 32.6. The van der Waals surface area contributed by atoms with Gasteiger partial charge in [0.15, 0.2) is 0 Å². The number of amides is 1. The summed E-state index contributed by atoms with van der Waals surface area (Å²) in [6, 6.07) is 13.6. The second-order valence-corrected chi connectivity index (χ2v) is 6.67. The average Bonchev–Trinajstić information content (AvgIpc) is 3.03. The molecule has 0 saturated carbocycles. The summed E-state index contributed by atoms with van der Waals surface area (Å²) in [6.07, 6.45) is 2.37. The number of aromatic nitrogens is 3. The molecule has 0 spiro atoms. The largest absolute Gasteiger partial charge is 0.349 e. The standard InChI is InChI=1S/C21H20N4O2/c1-3-14-5-7-15(8-6-14)23-18(26)11-25-12-22-19-16-10-13(2)4-9-17(16)24-20(19)21(25)27/h4-10,12,24H,3,11H2,1-2H3,(H,23,26). The molecule has 4 rings (SSSR count). The molecule has 2 aromatic heterocycles. The molecule has 0 fully saturated rings. The van der Waals surface area contributed by atoms with E-state index < -0.39 is 0 Å². The van der Waals surface area contributed by atoms with Crippen LogP contribution >= 0.6 is 0 Å². The molecule has 0 saturated heterocycles. The van der Waals surface area contributed by atoms with E-state index in [2.05, 4.69) is 22.2 Å². The van der Waals surface area contributed by atoms with Gasteiger partial charge in [-0.2, -0.15) is 0 Å². The number of aromatic amines is 1. The van der Waals surface area contributed by atoms with Gasteiger partial charge in [-0.1, -0.05) is 30.7 Å². The summed E-state index contributed by atoms with van der Waals surface area (Å²) in [7, 11) is 0. The lowest BCUT2D eigenvalue weighted by molar-refractivity contribution is -0.116. The van der Waals surface area contributed by atoms with Gasteiger partial charge in [-0.3, -0.25) is 14.2 Å². The van der Waals surface area contributed by atoms with Crippen molar-refractivity contribution in [1.82, 2.24) is 14.5 Å². The third-order valence-corrected chi connectivity index (χ3v) is 4.69. The number of hydrogen-bond donors (Lipinski definition) is 2. The molecular weight excluding hydrogens is 340 g/mol. The Kier molecular flexibility index (Phi) is 4.24. The molecule has 0 aliphatic carbocycles. The minimum atomic E-state index is -0.269. The highest BCUT2D eigenvalue weighted by Gasteiger charge is 2.13. The van der Waals surface area contributed by atoms with E-state index >= 15 is 0 Å². The van der Waals surface area contributed by atoms with Gasteiger partial charge in [-0.25, -0.2) is 4.98 Å². The van der Waals surface area contributed by atoms with Crippen molar-refractivity contribution < 1.29 is 4.79 Å². The van der Waals surface area contributed by atoms with Crippen molar-refractivity contribution >= 4 is 33.5 Å². The predicted molar refractivity (Wildman–Crippen MR) is 107 cm³/mol. The lowest BCUT2D eigenvalue weighted by Crippen LogP contribution is -2.27. The van der Waals surface area contributed by atoms with Crippen LogP contribution in [0.2, 0.25) is 0 Å². The predicted octanol–water partition coefficient (Wildman–Crippen LogP) is 3.39. The van der Waals surface area contributed by atoms with Gasteiger partial charge in [-0.15, -0.1) is 0 Å². The maximum absolute atomic E-state index is 12.8. The van der Waals surface area contributed by atoms with E-state index in [9.17, 15) is 9.59 Å². The van der Waals surface area contributed by atoms with E-state index in [1.165, 1.54) is 16.5 Å². The number of carbonyl (C=O) groups excluding carboxylic acids is 1. The van der Waals surface area contributed by atoms with Crippen LogP contribution in [0.1, 0.15) is 18.1 Å². The fraction of sp³-hybridized carbons (Fsp3) is 0.190. The molecule has 1 amide bonds. The minimum Gasteiger partial charge on any atom is -0.349 e. The van der Waals surface area contributed by atoms with Gasteiger partial charge in [0, 0.05) is 16.6 Å². The first kappa shape index (κ1) is 17.0. The Morgan fingerprint density at radius 3 is 2.70 bits per heavy atom. The molecule has 27 heavy (non-hydrogen) atoms. The number of H-pyrrole nitrogens is 1. The average molecular weight is 360 g/mol. The number of fused-ring (bicyclic) bond motifs is 3. The summed E-state index contributed by atoms with van der Waals surface area (Å²) >= 11 is 0. The number of aryl methyl sites for hydroxylation is 2. The van der Waals surface area contributed by atoms with Crippen LogP contribution in [0.4, 0.5) is 5.69 Å². The van der Waals surface area contributed by atoms with E-state index in [1.54, 1.807) is 0 Å². The first-order chi connectivity index (χ1) is 13.0. The van der Waals surface area contributed by atoms with Crippen molar-refractivity contribution in [2.45, 2.75) is 26.8 Å². The zero-order chi connectivity index (χ0) is 19.0. The van der Waals surface area contributed by atoms with Crippen molar-refractivity contribution in [1.29, 1.82) is 0 Å². The molecule has 0 atom stereocenters. The number of carbonyl (C=O) groups is 1. The highest BCUT2D eigenvalue weighted by molar-refractivity contribution is 6.04. The van der Waals surface area contributed by atoms with Gasteiger partial charge in [0.05, 0.1) is 6.33 Å². The molecule has 0 aliphatic heterocycles. The monoisotopic (exact) mass is 360 g/mol. The van der Waals surface area contributed by atoms with Crippen LogP contribution in [-0.4, -0.2) is 20.4 Å². The van der Waals surface area contributed by atoms with Gasteiger partial charge < -0.3 is 10.3 Å². The van der Waals surface area contributed by atoms with E-state index in [4.69, 9.17) is 0 Å². The Morgan fingerprint density at radius 1 is 1.19 bits per heavy atom. The van der Waals surface area contributed by atoms with Gasteiger partial charge in [0.1, 0.15) is 17.6 Å². The first-order valence-electron chi connectivity index (χ1n) is 8.91. The molecule has 136 valence electrons. The summed E-state index contributed by atoms with van der Waals surface area (Å²) in [5.41, 5.74) is 4.66. The van der Waals surface area contributed by atoms with Crippen LogP contribution in [0.25, 0.3) is 21.9 Å². The minimum absolute atomic E-state index is 0.0916. The second-order valence-electron chi connectivity index (χ2n) is 6.67. The van der Waals surface area contributed by atoms with Gasteiger partial charge >= 0.3 is 0 Å². The van der Waals surface area contributed by atoms with Crippen molar-refractivity contribution in [3.05, 3.63) is 70.3 Å². The third-order valence-electron chi connectivity index (χ3n) is 4.69. The van der Waals surface area contributed by atoms with Crippen LogP contribution in [0.5, 0.6) is 0 Å². The topological polar surface area (TPSA) is 79.8 Å². The van der Waals surface area contributed by atoms with Crippen molar-refractivity contribution in [3.63, 3.8) is 0 Å². The summed E-state index contributed by atoms with van der Waals surface area (Å²) in [5, 5.41) is 3.73. The first-order valence-corrected chi connectivity index (χ1v) is 8.91. The number of nitrogens with one attached hydrogen (secondary N) is 2. The highest BCUT2D eigenvalue weighted by Crippen LogP contribution is 2.22. The maximum atomic E-state index is 12.8. The van der Waals surface area contributed by atoms with Gasteiger partial charge in [-0.05, 0) is 43.2 Å². The molecule has 0 unspecified atom stereocenters. The maximum Gasteiger partial charge on any atom is 0.278 e. The highest BCUT2D eigenvalue weighted by atomic mass is 16.2. The Morgan fingerprint density at radius 2 is 1.96 bits per heavy atom. The van der Waals surface area contributed by atoms with Crippen molar-refractivity contribution in [2.24, 2.45) is 0 Å². The fourth-order valence-corrected chi connectivity index (χ4v) is 3.20. The van der Waals surface area contributed by atoms with Crippen LogP contribution in [0, 0.1) is 6.92 Å². The molecule has 6 nitrogen and oxygen atoms in total. The SMILES string of the molecule is CCc1ccc(NC(=O)Cn2cnc3c([nH]c4ccc(C)cc43)c2=O)cc1. The smallest absolute Gasteiger partial charge is 0.278 e. The summed E-state index contributed by atoms with van der Waals surface area (Å²) < 4.78 is 1.32. The molecular formula is C21H20N4O2. The van der Waals surface area contributed by atoms with E-state index in [0.717, 1.165) is 22.9 Å². The Hall–Kier alpha value is -3.41. The lowest BCUT2D eigenvalue weighted by atomic mass is 10.1. The number of nitrogens with zero attached hydrogens (tertiary/aromatic N) is 2. The zero-order valence-corrected chi connectivity index (χ0v) is 15.2. The summed E-state index contributed by atoms with van der Waals surface area (Å²) in [6.45, 7) is 3.98. The molecule has 2 heterocycles. The Balaban J connectivity index is 1.61. The zero-order valence-electron chi connectivity index (χ0n) is 15.2. The third kappa shape index (κ3) is 3.21. The molecule has 2 N–H and O–H groups in total. The number of benzene rings is 2. The van der Waals surface area contributed by atoms with Crippen LogP contribution < -0.4 is 10.9 Å². The molecule has 6 heteroatoms. The molecule has 0 radical (unpaired) electrons. The molecule has 0 bridgehead atoms. The fourth-order valence-electron chi connectivity index (χ4n) is 3.20. The second kappa shape index (κ2) is 6.72. The number of rotatable bonds is 4. The van der Waals surface area contributed by atoms with E-state index in [0.29, 0.717) is 16.7 Å². The summed E-state index contributed by atoms with van der Waals surface area (Å²) in [5.74, 6) is -0.269. The molecule has 2 aromatic carbocycles. The Bertz CT molecular complexity index is 1200.